The third kappa shape index (κ3) is 3.90. The molecule has 0 atom stereocenters. The maximum Gasteiger partial charge on any atom is 0.264 e. The SMILES string of the molecule is COc1ccc(-c2noc(COc3ccc(F)cc3Br)n2)cc1OC. The monoisotopic (exact) mass is 408 g/mol. The largest absolute Gasteiger partial charge is 0.493 e. The van der Waals surface area contributed by atoms with Gasteiger partial charge >= 0.3 is 0 Å². The van der Waals surface area contributed by atoms with E-state index in [-0.39, 0.29) is 12.4 Å². The standard InChI is InChI=1S/C17H14BrFN2O4/c1-22-14-5-3-10(7-15(14)23-2)17-20-16(25-21-17)9-24-13-6-4-11(19)8-12(13)18/h3-8H,9H2,1-2H3. The molecule has 1 aromatic heterocycles. The normalized spacial score (nSPS) is 10.6. The number of hydrogen-bond acceptors (Lipinski definition) is 6. The summed E-state index contributed by atoms with van der Waals surface area (Å²) in [5, 5.41) is 3.93. The molecule has 0 fully saturated rings. The third-order valence-corrected chi connectivity index (χ3v) is 3.97. The molecule has 0 spiro atoms. The predicted octanol–water partition coefficient (Wildman–Crippen LogP) is 4.23. The molecule has 25 heavy (non-hydrogen) atoms. The minimum Gasteiger partial charge on any atom is -0.493 e. The molecular formula is C17H14BrFN2O4. The Hall–Kier alpha value is -2.61. The second-order valence-electron chi connectivity index (χ2n) is 4.94. The fourth-order valence-electron chi connectivity index (χ4n) is 2.14. The molecule has 0 aliphatic carbocycles. The van der Waals surface area contributed by atoms with Crippen LogP contribution >= 0.6 is 15.9 Å². The maximum absolute atomic E-state index is 13.1. The third-order valence-electron chi connectivity index (χ3n) is 3.35. The van der Waals surface area contributed by atoms with E-state index in [0.717, 1.165) is 5.56 Å². The average Bonchev–Trinajstić information content (AvgIpc) is 3.09. The molecule has 0 aliphatic rings. The van der Waals surface area contributed by atoms with Gasteiger partial charge in [-0.2, -0.15) is 4.98 Å². The van der Waals surface area contributed by atoms with Crippen LogP contribution < -0.4 is 14.2 Å². The Morgan fingerprint density at radius 1 is 1.04 bits per heavy atom. The van der Waals surface area contributed by atoms with Crippen molar-refractivity contribution >= 4 is 15.9 Å². The molecular weight excluding hydrogens is 395 g/mol. The van der Waals surface area contributed by atoms with Gasteiger partial charge in [0, 0.05) is 5.56 Å². The van der Waals surface area contributed by atoms with E-state index in [9.17, 15) is 4.39 Å². The van der Waals surface area contributed by atoms with Crippen molar-refractivity contribution in [1.29, 1.82) is 0 Å². The molecule has 0 bridgehead atoms. The number of methoxy groups -OCH3 is 2. The summed E-state index contributed by atoms with van der Waals surface area (Å²) < 4.78 is 34.8. The Labute approximate surface area is 151 Å². The summed E-state index contributed by atoms with van der Waals surface area (Å²) in [7, 11) is 3.12. The molecule has 130 valence electrons. The first kappa shape index (κ1) is 17.2. The number of halogens is 2. The van der Waals surface area contributed by atoms with Gasteiger partial charge < -0.3 is 18.7 Å². The molecule has 0 amide bonds. The lowest BCUT2D eigenvalue weighted by molar-refractivity contribution is 0.241. The Morgan fingerprint density at radius 2 is 1.80 bits per heavy atom. The van der Waals surface area contributed by atoms with Crippen molar-refractivity contribution in [2.75, 3.05) is 14.2 Å². The zero-order valence-electron chi connectivity index (χ0n) is 13.5. The molecule has 0 N–H and O–H groups in total. The van der Waals surface area contributed by atoms with Crippen LogP contribution in [0.5, 0.6) is 17.2 Å². The van der Waals surface area contributed by atoms with Gasteiger partial charge in [0.1, 0.15) is 11.6 Å². The minimum atomic E-state index is -0.354. The lowest BCUT2D eigenvalue weighted by Crippen LogP contribution is -1.97. The van der Waals surface area contributed by atoms with Crippen molar-refractivity contribution in [3.05, 3.63) is 52.6 Å². The first-order chi connectivity index (χ1) is 12.1. The number of rotatable bonds is 6. The van der Waals surface area contributed by atoms with Gasteiger partial charge in [-0.25, -0.2) is 4.39 Å². The van der Waals surface area contributed by atoms with Gasteiger partial charge in [0.15, 0.2) is 18.1 Å². The van der Waals surface area contributed by atoms with Crippen molar-refractivity contribution < 1.29 is 23.1 Å². The number of ether oxygens (including phenoxy) is 3. The van der Waals surface area contributed by atoms with Crippen molar-refractivity contribution in [3.8, 4) is 28.6 Å². The van der Waals surface area contributed by atoms with E-state index >= 15 is 0 Å². The first-order valence-corrected chi connectivity index (χ1v) is 8.03. The molecule has 1 heterocycles. The van der Waals surface area contributed by atoms with Crippen LogP contribution in [0.2, 0.25) is 0 Å². The van der Waals surface area contributed by atoms with Gasteiger partial charge in [-0.3, -0.25) is 0 Å². The predicted molar refractivity (Wildman–Crippen MR) is 91.3 cm³/mol. The van der Waals surface area contributed by atoms with Crippen molar-refractivity contribution in [1.82, 2.24) is 10.1 Å². The van der Waals surface area contributed by atoms with Gasteiger partial charge in [-0.05, 0) is 52.3 Å². The highest BCUT2D eigenvalue weighted by molar-refractivity contribution is 9.10. The molecule has 2 aromatic carbocycles. The number of benzene rings is 2. The van der Waals surface area contributed by atoms with E-state index in [1.165, 1.54) is 18.2 Å². The van der Waals surface area contributed by atoms with E-state index in [1.807, 2.05) is 0 Å². The second-order valence-corrected chi connectivity index (χ2v) is 5.80. The van der Waals surface area contributed by atoms with E-state index in [1.54, 1.807) is 32.4 Å². The maximum atomic E-state index is 13.1. The van der Waals surface area contributed by atoms with Crippen LogP contribution in [0.4, 0.5) is 4.39 Å². The van der Waals surface area contributed by atoms with Crippen LogP contribution in [0.1, 0.15) is 5.89 Å². The highest BCUT2D eigenvalue weighted by Crippen LogP contribution is 2.31. The number of nitrogens with zero attached hydrogens (tertiary/aromatic N) is 2. The van der Waals surface area contributed by atoms with Crippen molar-refractivity contribution in [2.45, 2.75) is 6.61 Å². The Kier molecular flexibility index (Phi) is 5.18. The summed E-state index contributed by atoms with van der Waals surface area (Å²) >= 11 is 3.23. The molecule has 0 saturated heterocycles. The number of hydrogen-bond donors (Lipinski definition) is 0. The summed E-state index contributed by atoms with van der Waals surface area (Å²) in [5.41, 5.74) is 0.718. The van der Waals surface area contributed by atoms with Crippen LogP contribution in [-0.4, -0.2) is 24.4 Å². The van der Waals surface area contributed by atoms with Gasteiger partial charge in [-0.15, -0.1) is 0 Å². The van der Waals surface area contributed by atoms with Gasteiger partial charge in [0.05, 0.1) is 18.7 Å². The van der Waals surface area contributed by atoms with Crippen LogP contribution in [-0.2, 0) is 6.61 Å². The average molecular weight is 409 g/mol. The van der Waals surface area contributed by atoms with Gasteiger partial charge in [0.2, 0.25) is 5.82 Å². The van der Waals surface area contributed by atoms with E-state index < -0.39 is 0 Å². The summed E-state index contributed by atoms with van der Waals surface area (Å²) in [5.74, 6) is 2.00. The summed E-state index contributed by atoms with van der Waals surface area (Å²) in [6, 6.07) is 9.46. The second kappa shape index (κ2) is 7.52. The van der Waals surface area contributed by atoms with Crippen LogP contribution in [0.3, 0.4) is 0 Å². The fourth-order valence-corrected chi connectivity index (χ4v) is 2.60. The Balaban J connectivity index is 1.74. The molecule has 0 saturated carbocycles. The van der Waals surface area contributed by atoms with Crippen LogP contribution in [0.25, 0.3) is 11.4 Å². The first-order valence-electron chi connectivity index (χ1n) is 7.23. The highest BCUT2D eigenvalue weighted by atomic mass is 79.9. The zero-order chi connectivity index (χ0) is 17.8. The Bertz CT molecular complexity index is 885. The summed E-state index contributed by atoms with van der Waals surface area (Å²) in [4.78, 5) is 4.29. The molecule has 0 unspecified atom stereocenters. The van der Waals surface area contributed by atoms with Gasteiger partial charge in [-0.1, -0.05) is 5.16 Å². The molecule has 6 nitrogen and oxygen atoms in total. The Morgan fingerprint density at radius 3 is 2.52 bits per heavy atom. The smallest absolute Gasteiger partial charge is 0.264 e. The molecule has 3 rings (SSSR count). The quantitative estimate of drug-likeness (QED) is 0.607. The van der Waals surface area contributed by atoms with E-state index in [4.69, 9.17) is 18.7 Å². The molecule has 3 aromatic rings. The van der Waals surface area contributed by atoms with Gasteiger partial charge in [0.25, 0.3) is 5.89 Å². The van der Waals surface area contributed by atoms with Crippen LogP contribution in [0.15, 0.2) is 45.4 Å². The lowest BCUT2D eigenvalue weighted by Gasteiger charge is -2.07. The van der Waals surface area contributed by atoms with Crippen molar-refractivity contribution in [2.24, 2.45) is 0 Å². The van der Waals surface area contributed by atoms with Crippen molar-refractivity contribution in [3.63, 3.8) is 0 Å². The number of aromatic nitrogens is 2. The molecule has 0 aliphatic heterocycles. The van der Waals surface area contributed by atoms with Crippen LogP contribution in [0, 0.1) is 5.82 Å². The molecule has 8 heteroatoms. The lowest BCUT2D eigenvalue weighted by atomic mass is 10.2. The highest BCUT2D eigenvalue weighted by Gasteiger charge is 2.13. The minimum absolute atomic E-state index is 0.0600. The van der Waals surface area contributed by atoms with E-state index in [0.29, 0.717) is 33.4 Å². The zero-order valence-corrected chi connectivity index (χ0v) is 15.0. The topological polar surface area (TPSA) is 66.6 Å². The summed E-state index contributed by atoms with van der Waals surface area (Å²) in [6.07, 6.45) is 0. The molecule has 0 radical (unpaired) electrons. The van der Waals surface area contributed by atoms with E-state index in [2.05, 4.69) is 26.1 Å². The fraction of sp³-hybridized carbons (Fsp3) is 0.176. The summed E-state index contributed by atoms with van der Waals surface area (Å²) in [6.45, 7) is 0.0600.